The fourth-order valence-electron chi connectivity index (χ4n) is 1.94. The van der Waals surface area contributed by atoms with Crippen molar-refractivity contribution in [2.75, 3.05) is 5.32 Å². The molecule has 0 spiro atoms. The van der Waals surface area contributed by atoms with Crippen molar-refractivity contribution in [2.24, 2.45) is 0 Å². The van der Waals surface area contributed by atoms with Gasteiger partial charge in [-0.15, -0.1) is 0 Å². The molecule has 92 valence electrons. The zero-order chi connectivity index (χ0) is 12.6. The average molecular weight is 303 g/mol. The van der Waals surface area contributed by atoms with Crippen LogP contribution in [0.25, 0.3) is 0 Å². The van der Waals surface area contributed by atoms with E-state index >= 15 is 0 Å². The van der Waals surface area contributed by atoms with Crippen molar-refractivity contribution in [3.05, 3.63) is 32.5 Å². The Morgan fingerprint density at radius 2 is 2.18 bits per heavy atom. The summed E-state index contributed by atoms with van der Waals surface area (Å²) in [4.78, 5) is 10.4. The van der Waals surface area contributed by atoms with E-state index in [0.29, 0.717) is 0 Å². The number of anilines is 1. The second kappa shape index (κ2) is 4.25. The lowest BCUT2D eigenvalue weighted by atomic mass is 9.78. The number of nitrogens with zero attached hydrogens (tertiary/aromatic N) is 1. The first-order valence-corrected chi connectivity index (χ1v) is 6.12. The first kappa shape index (κ1) is 12.3. The highest BCUT2D eigenvalue weighted by atomic mass is 79.9. The van der Waals surface area contributed by atoms with Crippen LogP contribution in [-0.4, -0.2) is 10.5 Å². The molecule has 0 unspecified atom stereocenters. The Bertz CT molecular complexity index is 475. The van der Waals surface area contributed by atoms with Crippen molar-refractivity contribution in [1.82, 2.24) is 0 Å². The highest BCUT2D eigenvalue weighted by Gasteiger charge is 2.33. The zero-order valence-electron chi connectivity index (χ0n) is 9.30. The molecule has 0 bridgehead atoms. The molecule has 1 aromatic rings. The second-order valence-electron chi connectivity index (χ2n) is 4.58. The smallest absolute Gasteiger partial charge is 0.293 e. The minimum atomic E-state index is -0.505. The van der Waals surface area contributed by atoms with E-state index < -0.39 is 10.7 Å². The Kier molecular flexibility index (Phi) is 3.07. The van der Waals surface area contributed by atoms with Gasteiger partial charge in [0.15, 0.2) is 0 Å². The maximum Gasteiger partial charge on any atom is 0.293 e. The van der Waals surface area contributed by atoms with Gasteiger partial charge in [0.05, 0.1) is 9.40 Å². The molecule has 0 aromatic heterocycles. The molecule has 0 radical (unpaired) electrons. The van der Waals surface area contributed by atoms with Gasteiger partial charge in [0, 0.05) is 17.7 Å². The van der Waals surface area contributed by atoms with Crippen LogP contribution in [0, 0.1) is 15.9 Å². The van der Waals surface area contributed by atoms with Gasteiger partial charge in [-0.25, -0.2) is 4.39 Å². The molecular formula is C11H12BrFN2O2. The molecule has 4 nitrogen and oxygen atoms in total. The summed E-state index contributed by atoms with van der Waals surface area (Å²) >= 11 is 2.95. The van der Waals surface area contributed by atoms with Crippen LogP contribution in [0.1, 0.15) is 26.2 Å². The summed E-state index contributed by atoms with van der Waals surface area (Å²) in [5.74, 6) is -0.499. The number of hydrogen-bond acceptors (Lipinski definition) is 3. The number of nitro groups is 1. The molecule has 1 saturated carbocycles. The fraction of sp³-hybridized carbons (Fsp3) is 0.455. The largest absolute Gasteiger partial charge is 0.374 e. The van der Waals surface area contributed by atoms with Crippen molar-refractivity contribution >= 4 is 27.3 Å². The van der Waals surface area contributed by atoms with Crippen molar-refractivity contribution in [1.29, 1.82) is 0 Å². The summed E-state index contributed by atoms with van der Waals surface area (Å²) in [7, 11) is 0. The summed E-state index contributed by atoms with van der Waals surface area (Å²) in [6.07, 6.45) is 2.99. The molecule has 1 N–H and O–H groups in total. The molecule has 0 heterocycles. The minimum Gasteiger partial charge on any atom is -0.374 e. The Morgan fingerprint density at radius 3 is 2.65 bits per heavy atom. The molecule has 0 aliphatic heterocycles. The maximum atomic E-state index is 13.4. The Labute approximate surface area is 106 Å². The van der Waals surface area contributed by atoms with E-state index in [1.54, 1.807) is 0 Å². The maximum absolute atomic E-state index is 13.4. The monoisotopic (exact) mass is 302 g/mol. The molecule has 1 fully saturated rings. The average Bonchev–Trinajstić information content (AvgIpc) is 2.20. The standard InChI is InChI=1S/C11H12BrFN2O2/c1-11(3-2-4-11)14-9-6-8(13)7(12)5-10(9)15(16)17/h5-6,14H,2-4H2,1H3. The molecule has 0 saturated heterocycles. The number of nitrogens with one attached hydrogen (secondary N) is 1. The van der Waals surface area contributed by atoms with Gasteiger partial charge in [0.2, 0.25) is 0 Å². The van der Waals surface area contributed by atoms with Gasteiger partial charge >= 0.3 is 0 Å². The third kappa shape index (κ3) is 2.41. The van der Waals surface area contributed by atoms with Gasteiger partial charge in [-0.2, -0.15) is 0 Å². The highest BCUT2D eigenvalue weighted by molar-refractivity contribution is 9.10. The van der Waals surface area contributed by atoms with E-state index in [4.69, 9.17) is 0 Å². The van der Waals surface area contributed by atoms with Gasteiger partial charge in [0.25, 0.3) is 5.69 Å². The van der Waals surface area contributed by atoms with E-state index in [1.165, 1.54) is 12.1 Å². The molecule has 1 aliphatic carbocycles. The summed E-state index contributed by atoms with van der Waals surface area (Å²) in [6, 6.07) is 2.37. The Hall–Kier alpha value is -1.17. The van der Waals surface area contributed by atoms with Crippen LogP contribution in [0.4, 0.5) is 15.8 Å². The first-order chi connectivity index (χ1) is 7.91. The van der Waals surface area contributed by atoms with Gasteiger partial charge in [-0.3, -0.25) is 10.1 Å². The van der Waals surface area contributed by atoms with E-state index in [-0.39, 0.29) is 21.4 Å². The SMILES string of the molecule is CC1(Nc2cc(F)c(Br)cc2[N+](=O)[O-])CCC1. The number of halogens is 2. The first-order valence-electron chi connectivity index (χ1n) is 5.33. The molecule has 0 atom stereocenters. The highest BCUT2D eigenvalue weighted by Crippen LogP contribution is 2.38. The van der Waals surface area contributed by atoms with E-state index in [0.717, 1.165) is 19.3 Å². The number of benzene rings is 1. The summed E-state index contributed by atoms with van der Waals surface area (Å²) in [5, 5.41) is 14.0. The zero-order valence-corrected chi connectivity index (χ0v) is 10.9. The number of rotatable bonds is 3. The Morgan fingerprint density at radius 1 is 1.53 bits per heavy atom. The molecule has 0 amide bonds. The van der Waals surface area contributed by atoms with Crippen molar-refractivity contribution in [3.8, 4) is 0 Å². The summed E-state index contributed by atoms with van der Waals surface area (Å²) in [6.45, 7) is 1.99. The van der Waals surface area contributed by atoms with Gasteiger partial charge in [0.1, 0.15) is 11.5 Å². The van der Waals surface area contributed by atoms with Gasteiger partial charge < -0.3 is 5.32 Å². The van der Waals surface area contributed by atoms with Crippen LogP contribution in [-0.2, 0) is 0 Å². The quantitative estimate of drug-likeness (QED) is 0.681. The van der Waals surface area contributed by atoms with Gasteiger partial charge in [-0.05, 0) is 42.1 Å². The predicted octanol–water partition coefficient (Wildman–Crippen LogP) is 3.85. The van der Waals surface area contributed by atoms with Crippen LogP contribution >= 0.6 is 15.9 Å². The molecule has 2 rings (SSSR count). The fourth-order valence-corrected chi connectivity index (χ4v) is 2.28. The van der Waals surface area contributed by atoms with Crippen LogP contribution < -0.4 is 5.32 Å². The summed E-state index contributed by atoms with van der Waals surface area (Å²) < 4.78 is 13.5. The third-order valence-corrected chi connectivity index (χ3v) is 3.74. The predicted molar refractivity (Wildman–Crippen MR) is 66.6 cm³/mol. The van der Waals surface area contributed by atoms with E-state index in [9.17, 15) is 14.5 Å². The second-order valence-corrected chi connectivity index (χ2v) is 5.43. The number of nitro benzene ring substituents is 1. The van der Waals surface area contributed by atoms with Crippen LogP contribution in [0.15, 0.2) is 16.6 Å². The van der Waals surface area contributed by atoms with Crippen molar-refractivity contribution < 1.29 is 9.31 Å². The van der Waals surface area contributed by atoms with E-state index in [2.05, 4.69) is 21.2 Å². The topological polar surface area (TPSA) is 55.2 Å². The van der Waals surface area contributed by atoms with Crippen molar-refractivity contribution in [3.63, 3.8) is 0 Å². The van der Waals surface area contributed by atoms with Crippen LogP contribution in [0.5, 0.6) is 0 Å². The van der Waals surface area contributed by atoms with E-state index in [1.807, 2.05) is 6.92 Å². The number of hydrogen-bond donors (Lipinski definition) is 1. The molecule has 17 heavy (non-hydrogen) atoms. The molecule has 1 aromatic carbocycles. The molecule has 6 heteroatoms. The lowest BCUT2D eigenvalue weighted by molar-refractivity contribution is -0.384. The molecular weight excluding hydrogens is 291 g/mol. The third-order valence-electron chi connectivity index (χ3n) is 3.13. The minimum absolute atomic E-state index is 0.105. The summed E-state index contributed by atoms with van der Waals surface area (Å²) in [5.41, 5.74) is -0.00492. The lowest BCUT2D eigenvalue weighted by Crippen LogP contribution is -2.41. The molecule has 1 aliphatic rings. The normalized spacial score (nSPS) is 17.4. The Balaban J connectivity index is 2.37. The van der Waals surface area contributed by atoms with Crippen LogP contribution in [0.3, 0.4) is 0 Å². The van der Waals surface area contributed by atoms with Crippen molar-refractivity contribution in [2.45, 2.75) is 31.7 Å². The van der Waals surface area contributed by atoms with Crippen LogP contribution in [0.2, 0.25) is 0 Å². The lowest BCUT2D eigenvalue weighted by Gasteiger charge is -2.39. The van der Waals surface area contributed by atoms with Gasteiger partial charge in [-0.1, -0.05) is 0 Å².